The second-order valence-electron chi connectivity index (χ2n) is 7.95. The van der Waals surface area contributed by atoms with Gasteiger partial charge in [-0.25, -0.2) is 4.68 Å². The molecule has 3 aromatic rings. The van der Waals surface area contributed by atoms with Crippen LogP contribution in [0.15, 0.2) is 48.5 Å². The summed E-state index contributed by atoms with van der Waals surface area (Å²) in [6, 6.07) is 15.5. The number of hydrogen-bond acceptors (Lipinski definition) is 4. The largest absolute Gasteiger partial charge is 0.492 e. The van der Waals surface area contributed by atoms with Crippen LogP contribution in [-0.4, -0.2) is 28.4 Å². The Labute approximate surface area is 175 Å². The van der Waals surface area contributed by atoms with E-state index in [1.54, 1.807) is 4.68 Å². The van der Waals surface area contributed by atoms with E-state index in [1.165, 1.54) is 0 Å². The Bertz CT molecular complexity index is 1090. The van der Waals surface area contributed by atoms with Crippen LogP contribution in [0, 0.1) is 0 Å². The quantitative estimate of drug-likeness (QED) is 0.647. The van der Waals surface area contributed by atoms with Crippen molar-refractivity contribution in [1.82, 2.24) is 9.78 Å². The highest BCUT2D eigenvalue weighted by Gasteiger charge is 2.29. The Kier molecular flexibility index (Phi) is 4.69. The maximum Gasteiger partial charge on any atom is 0.274 e. The number of rotatable bonds is 6. The number of nitrogens with zero attached hydrogens (tertiary/aromatic N) is 2. The number of nitrogens with one attached hydrogen (secondary N) is 1. The Morgan fingerprint density at radius 3 is 2.77 bits per heavy atom. The second-order valence-corrected chi connectivity index (χ2v) is 7.95. The maximum atomic E-state index is 13.3. The molecule has 0 bridgehead atoms. The third-order valence-corrected chi connectivity index (χ3v) is 5.50. The molecule has 1 aliphatic heterocycles. The molecule has 1 aromatic heterocycles. The minimum absolute atomic E-state index is 0.126. The van der Waals surface area contributed by atoms with Crippen LogP contribution in [0.25, 0.3) is 5.69 Å². The van der Waals surface area contributed by atoms with Crippen LogP contribution in [0.5, 0.6) is 11.5 Å². The first-order valence-electron chi connectivity index (χ1n) is 10.6. The Morgan fingerprint density at radius 2 is 2.03 bits per heavy atom. The van der Waals surface area contributed by atoms with Gasteiger partial charge in [-0.05, 0) is 51.0 Å². The van der Waals surface area contributed by atoms with Gasteiger partial charge in [0, 0.05) is 24.0 Å². The Morgan fingerprint density at radius 1 is 1.23 bits per heavy atom. The lowest BCUT2D eigenvalue weighted by molar-refractivity contribution is 0.101. The molecule has 5 rings (SSSR count). The number of amides is 1. The van der Waals surface area contributed by atoms with Gasteiger partial charge in [0.25, 0.3) is 5.91 Å². The molecule has 0 spiro atoms. The normalized spacial score (nSPS) is 17.3. The van der Waals surface area contributed by atoms with Crippen molar-refractivity contribution < 1.29 is 14.3 Å². The van der Waals surface area contributed by atoms with Crippen LogP contribution in [-0.2, 0) is 6.42 Å². The SMILES string of the molecule is CCOc1cc2c(cc1NC(=O)c1cc(C3CC3)nn1-c1ccccc1)OC(C)C2. The summed E-state index contributed by atoms with van der Waals surface area (Å²) in [5.41, 5.74) is 4.07. The number of benzene rings is 2. The van der Waals surface area contributed by atoms with Crippen LogP contribution in [0.2, 0.25) is 0 Å². The first-order chi connectivity index (χ1) is 14.6. The molecule has 1 amide bonds. The van der Waals surface area contributed by atoms with Crippen molar-refractivity contribution in [3.63, 3.8) is 0 Å². The molecular formula is C24H25N3O3. The fraction of sp³-hybridized carbons (Fsp3) is 0.333. The molecule has 6 heteroatoms. The standard InChI is InChI=1S/C24H25N3O3/c1-3-29-23-12-17-11-15(2)30-22(17)14-20(23)25-24(28)21-13-19(16-9-10-16)26-27(21)18-7-5-4-6-8-18/h4-8,12-16H,3,9-11H2,1-2H3,(H,25,28). The monoisotopic (exact) mass is 403 g/mol. The molecule has 154 valence electrons. The number of para-hydroxylation sites is 1. The third kappa shape index (κ3) is 3.54. The van der Waals surface area contributed by atoms with E-state index in [9.17, 15) is 4.79 Å². The molecule has 30 heavy (non-hydrogen) atoms. The Balaban J connectivity index is 1.50. The number of anilines is 1. The van der Waals surface area contributed by atoms with E-state index in [-0.39, 0.29) is 12.0 Å². The number of hydrogen-bond donors (Lipinski definition) is 1. The molecule has 1 saturated carbocycles. The van der Waals surface area contributed by atoms with Gasteiger partial charge in [-0.15, -0.1) is 0 Å². The number of fused-ring (bicyclic) bond motifs is 1. The lowest BCUT2D eigenvalue weighted by Gasteiger charge is -2.14. The number of carbonyl (C=O) groups excluding carboxylic acids is 1. The topological polar surface area (TPSA) is 65.4 Å². The molecule has 6 nitrogen and oxygen atoms in total. The highest BCUT2D eigenvalue weighted by molar-refractivity contribution is 6.04. The van der Waals surface area contributed by atoms with E-state index >= 15 is 0 Å². The average molecular weight is 403 g/mol. The highest BCUT2D eigenvalue weighted by Crippen LogP contribution is 2.40. The van der Waals surface area contributed by atoms with Crippen molar-refractivity contribution >= 4 is 11.6 Å². The first kappa shape index (κ1) is 18.7. The predicted octanol–water partition coefficient (Wildman–Crippen LogP) is 4.72. The van der Waals surface area contributed by atoms with Crippen LogP contribution in [0.4, 0.5) is 5.69 Å². The van der Waals surface area contributed by atoms with E-state index in [2.05, 4.69) is 5.32 Å². The van der Waals surface area contributed by atoms with Crippen molar-refractivity contribution in [1.29, 1.82) is 0 Å². The summed E-state index contributed by atoms with van der Waals surface area (Å²) in [7, 11) is 0. The first-order valence-corrected chi connectivity index (χ1v) is 10.6. The van der Waals surface area contributed by atoms with Gasteiger partial charge in [-0.1, -0.05) is 18.2 Å². The second kappa shape index (κ2) is 7.52. The van der Waals surface area contributed by atoms with Gasteiger partial charge in [0.15, 0.2) is 0 Å². The molecule has 1 unspecified atom stereocenters. The zero-order chi connectivity index (χ0) is 20.7. The smallest absolute Gasteiger partial charge is 0.274 e. The summed E-state index contributed by atoms with van der Waals surface area (Å²) < 4.78 is 13.4. The van der Waals surface area contributed by atoms with Crippen molar-refractivity contribution in [2.45, 2.75) is 45.1 Å². The number of ether oxygens (including phenoxy) is 2. The highest BCUT2D eigenvalue weighted by atomic mass is 16.5. The molecule has 0 radical (unpaired) electrons. The minimum Gasteiger partial charge on any atom is -0.492 e. The third-order valence-electron chi connectivity index (χ3n) is 5.50. The molecule has 1 N–H and O–H groups in total. The van der Waals surface area contributed by atoms with Gasteiger partial charge in [-0.3, -0.25) is 4.79 Å². The van der Waals surface area contributed by atoms with Gasteiger partial charge < -0.3 is 14.8 Å². The van der Waals surface area contributed by atoms with Crippen molar-refractivity contribution in [3.8, 4) is 17.2 Å². The fourth-order valence-corrected chi connectivity index (χ4v) is 3.90. The van der Waals surface area contributed by atoms with Crippen molar-refractivity contribution in [2.24, 2.45) is 0 Å². The minimum atomic E-state index is -0.217. The molecular weight excluding hydrogens is 378 g/mol. The number of carbonyl (C=O) groups is 1. The van der Waals surface area contributed by atoms with E-state index in [0.717, 1.165) is 42.0 Å². The summed E-state index contributed by atoms with van der Waals surface area (Å²) in [6.07, 6.45) is 3.22. The molecule has 2 aromatic carbocycles. The van der Waals surface area contributed by atoms with Crippen LogP contribution < -0.4 is 14.8 Å². The van der Waals surface area contributed by atoms with Gasteiger partial charge in [-0.2, -0.15) is 5.10 Å². The van der Waals surface area contributed by atoms with Gasteiger partial charge in [0.2, 0.25) is 0 Å². The molecule has 1 aliphatic carbocycles. The molecule has 1 atom stereocenters. The van der Waals surface area contributed by atoms with Crippen molar-refractivity contribution in [2.75, 3.05) is 11.9 Å². The van der Waals surface area contributed by atoms with E-state index < -0.39 is 0 Å². The molecule has 1 fully saturated rings. The van der Waals surface area contributed by atoms with Crippen LogP contribution in [0.3, 0.4) is 0 Å². The molecule has 0 saturated heterocycles. The summed E-state index contributed by atoms with van der Waals surface area (Å²) >= 11 is 0. The Hall–Kier alpha value is -3.28. The molecule has 2 heterocycles. The zero-order valence-corrected chi connectivity index (χ0v) is 17.2. The summed E-state index contributed by atoms with van der Waals surface area (Å²) in [6.45, 7) is 4.49. The summed E-state index contributed by atoms with van der Waals surface area (Å²) in [4.78, 5) is 13.3. The average Bonchev–Trinajstić information content (AvgIpc) is 3.39. The summed E-state index contributed by atoms with van der Waals surface area (Å²) in [5, 5.41) is 7.77. The van der Waals surface area contributed by atoms with Crippen LogP contribution >= 0.6 is 0 Å². The van der Waals surface area contributed by atoms with E-state index in [1.807, 2.05) is 62.4 Å². The maximum absolute atomic E-state index is 13.3. The lowest BCUT2D eigenvalue weighted by Crippen LogP contribution is -2.17. The van der Waals surface area contributed by atoms with Gasteiger partial charge >= 0.3 is 0 Å². The fourth-order valence-electron chi connectivity index (χ4n) is 3.90. The van der Waals surface area contributed by atoms with Gasteiger partial charge in [0.05, 0.1) is 23.7 Å². The van der Waals surface area contributed by atoms with Gasteiger partial charge in [0.1, 0.15) is 23.3 Å². The number of aromatic nitrogens is 2. The van der Waals surface area contributed by atoms with E-state index in [0.29, 0.717) is 29.7 Å². The van der Waals surface area contributed by atoms with Crippen molar-refractivity contribution in [3.05, 3.63) is 65.5 Å². The lowest BCUT2D eigenvalue weighted by atomic mass is 10.1. The van der Waals surface area contributed by atoms with Crippen LogP contribution in [0.1, 0.15) is 54.4 Å². The predicted molar refractivity (Wildman–Crippen MR) is 115 cm³/mol. The summed E-state index contributed by atoms with van der Waals surface area (Å²) in [5.74, 6) is 1.70. The molecule has 2 aliphatic rings. The van der Waals surface area contributed by atoms with E-state index in [4.69, 9.17) is 14.6 Å². The zero-order valence-electron chi connectivity index (χ0n) is 17.2.